The van der Waals surface area contributed by atoms with Gasteiger partial charge >= 0.3 is 0 Å². The molecule has 1 heteroatoms. The quantitative estimate of drug-likeness (QED) is 0.444. The predicted molar refractivity (Wildman–Crippen MR) is 81.9 cm³/mol. The smallest absolute Gasteiger partial charge is 0.0593 e. The predicted octanol–water partition coefficient (Wildman–Crippen LogP) is 5.70. The SMILES string of the molecule is CCCCCCC(O)C(C)(CCCC)CCCC. The molecule has 0 bridgehead atoms. The molecule has 0 rings (SSSR count). The minimum atomic E-state index is -0.0903. The van der Waals surface area contributed by atoms with Crippen LogP contribution >= 0.6 is 0 Å². The first-order chi connectivity index (χ1) is 8.60. The lowest BCUT2D eigenvalue weighted by Gasteiger charge is -2.35. The minimum Gasteiger partial charge on any atom is -0.393 e. The highest BCUT2D eigenvalue weighted by Crippen LogP contribution is 2.36. The minimum absolute atomic E-state index is 0.0903. The molecule has 0 spiro atoms. The Morgan fingerprint density at radius 2 is 1.28 bits per heavy atom. The Kier molecular flexibility index (Phi) is 10.8. The average molecular weight is 256 g/mol. The van der Waals surface area contributed by atoms with Crippen LogP contribution in [0.25, 0.3) is 0 Å². The van der Waals surface area contributed by atoms with E-state index in [-0.39, 0.29) is 11.5 Å². The number of aliphatic hydroxyl groups excluding tert-OH is 1. The first-order valence-electron chi connectivity index (χ1n) is 8.28. The van der Waals surface area contributed by atoms with Gasteiger partial charge in [-0.15, -0.1) is 0 Å². The molecule has 0 fully saturated rings. The molecule has 0 heterocycles. The summed E-state index contributed by atoms with van der Waals surface area (Å²) in [5.74, 6) is 0. The van der Waals surface area contributed by atoms with Crippen LogP contribution in [0.3, 0.4) is 0 Å². The zero-order chi connectivity index (χ0) is 13.9. The third-order valence-corrected chi connectivity index (χ3v) is 4.34. The third kappa shape index (κ3) is 7.41. The lowest BCUT2D eigenvalue weighted by Crippen LogP contribution is -2.32. The van der Waals surface area contributed by atoms with Gasteiger partial charge in [0.1, 0.15) is 0 Å². The summed E-state index contributed by atoms with van der Waals surface area (Å²) in [5.41, 5.74) is 0.165. The molecule has 1 nitrogen and oxygen atoms in total. The molecule has 1 atom stereocenters. The molecule has 1 N–H and O–H groups in total. The van der Waals surface area contributed by atoms with Crippen molar-refractivity contribution in [3.05, 3.63) is 0 Å². The van der Waals surface area contributed by atoms with Gasteiger partial charge in [0.2, 0.25) is 0 Å². The molecule has 0 aliphatic heterocycles. The van der Waals surface area contributed by atoms with Crippen molar-refractivity contribution in [1.82, 2.24) is 0 Å². The highest BCUT2D eigenvalue weighted by molar-refractivity contribution is 4.82. The summed E-state index contributed by atoms with van der Waals surface area (Å²) in [6.45, 7) is 9.04. The maximum atomic E-state index is 10.5. The Labute approximate surface area is 115 Å². The summed E-state index contributed by atoms with van der Waals surface area (Å²) in [6, 6.07) is 0. The van der Waals surface area contributed by atoms with Crippen LogP contribution in [0.15, 0.2) is 0 Å². The fraction of sp³-hybridized carbons (Fsp3) is 1.00. The van der Waals surface area contributed by atoms with E-state index in [1.807, 2.05) is 0 Å². The molecule has 18 heavy (non-hydrogen) atoms. The highest BCUT2D eigenvalue weighted by Gasteiger charge is 2.31. The van der Waals surface area contributed by atoms with E-state index in [4.69, 9.17) is 0 Å². The van der Waals surface area contributed by atoms with E-state index < -0.39 is 0 Å². The van der Waals surface area contributed by atoms with Gasteiger partial charge in [-0.05, 0) is 24.7 Å². The number of aliphatic hydroxyl groups is 1. The summed E-state index contributed by atoms with van der Waals surface area (Å²) in [4.78, 5) is 0. The molecule has 0 aliphatic carbocycles. The molecule has 0 aromatic heterocycles. The van der Waals surface area contributed by atoms with Gasteiger partial charge in [-0.3, -0.25) is 0 Å². The van der Waals surface area contributed by atoms with Crippen molar-refractivity contribution < 1.29 is 5.11 Å². The number of rotatable bonds is 12. The maximum Gasteiger partial charge on any atom is 0.0593 e. The Hall–Kier alpha value is -0.0400. The van der Waals surface area contributed by atoms with Crippen LogP contribution in [0.5, 0.6) is 0 Å². The molecular weight excluding hydrogens is 220 g/mol. The molecule has 0 amide bonds. The van der Waals surface area contributed by atoms with Crippen LogP contribution in [0.2, 0.25) is 0 Å². The van der Waals surface area contributed by atoms with E-state index in [1.165, 1.54) is 64.2 Å². The van der Waals surface area contributed by atoms with Gasteiger partial charge in [-0.1, -0.05) is 79.1 Å². The van der Waals surface area contributed by atoms with E-state index in [0.29, 0.717) is 0 Å². The second-order valence-corrected chi connectivity index (χ2v) is 6.23. The summed E-state index contributed by atoms with van der Waals surface area (Å²) in [6.07, 6.45) is 13.4. The van der Waals surface area contributed by atoms with E-state index >= 15 is 0 Å². The van der Waals surface area contributed by atoms with Crippen molar-refractivity contribution in [2.24, 2.45) is 5.41 Å². The molecule has 0 saturated heterocycles. The molecule has 0 radical (unpaired) electrons. The lowest BCUT2D eigenvalue weighted by atomic mass is 9.74. The zero-order valence-corrected chi connectivity index (χ0v) is 13.3. The fourth-order valence-corrected chi connectivity index (χ4v) is 2.73. The van der Waals surface area contributed by atoms with Crippen molar-refractivity contribution in [3.63, 3.8) is 0 Å². The van der Waals surface area contributed by atoms with Crippen molar-refractivity contribution in [2.45, 2.75) is 104 Å². The van der Waals surface area contributed by atoms with Crippen LogP contribution in [0.4, 0.5) is 0 Å². The van der Waals surface area contributed by atoms with Gasteiger partial charge in [-0.2, -0.15) is 0 Å². The summed E-state index contributed by atoms with van der Waals surface area (Å²) in [5, 5.41) is 10.5. The molecule has 110 valence electrons. The van der Waals surface area contributed by atoms with Crippen LogP contribution in [0, 0.1) is 5.41 Å². The van der Waals surface area contributed by atoms with E-state index in [9.17, 15) is 5.11 Å². The van der Waals surface area contributed by atoms with Gasteiger partial charge in [0.25, 0.3) is 0 Å². The first kappa shape index (κ1) is 18.0. The first-order valence-corrected chi connectivity index (χ1v) is 8.28. The standard InChI is InChI=1S/C17H36O/c1-5-8-11-12-13-16(18)17(4,14-9-6-2)15-10-7-3/h16,18H,5-15H2,1-4H3. The van der Waals surface area contributed by atoms with Crippen LogP contribution < -0.4 is 0 Å². The van der Waals surface area contributed by atoms with E-state index in [0.717, 1.165) is 6.42 Å². The van der Waals surface area contributed by atoms with Gasteiger partial charge in [0, 0.05) is 0 Å². The Morgan fingerprint density at radius 1 is 0.778 bits per heavy atom. The summed E-state index contributed by atoms with van der Waals surface area (Å²) < 4.78 is 0. The second kappa shape index (κ2) is 10.8. The molecule has 1 unspecified atom stereocenters. The van der Waals surface area contributed by atoms with Crippen molar-refractivity contribution in [3.8, 4) is 0 Å². The molecular formula is C17H36O. The zero-order valence-electron chi connectivity index (χ0n) is 13.3. The molecule has 0 aromatic rings. The number of hydrogen-bond donors (Lipinski definition) is 1. The Bertz CT molecular complexity index is 168. The van der Waals surface area contributed by atoms with Crippen LogP contribution in [0.1, 0.15) is 98.3 Å². The molecule has 0 aliphatic rings. The van der Waals surface area contributed by atoms with Gasteiger partial charge in [-0.25, -0.2) is 0 Å². The Balaban J connectivity index is 4.15. The number of hydrogen-bond acceptors (Lipinski definition) is 1. The van der Waals surface area contributed by atoms with Gasteiger partial charge in [0.15, 0.2) is 0 Å². The maximum absolute atomic E-state index is 10.5. The van der Waals surface area contributed by atoms with Crippen LogP contribution in [-0.4, -0.2) is 11.2 Å². The van der Waals surface area contributed by atoms with Crippen LogP contribution in [-0.2, 0) is 0 Å². The third-order valence-electron chi connectivity index (χ3n) is 4.34. The Morgan fingerprint density at radius 3 is 1.72 bits per heavy atom. The van der Waals surface area contributed by atoms with Gasteiger partial charge in [0.05, 0.1) is 6.10 Å². The normalized spacial score (nSPS) is 13.8. The lowest BCUT2D eigenvalue weighted by molar-refractivity contribution is 0.0132. The summed E-state index contributed by atoms with van der Waals surface area (Å²) in [7, 11) is 0. The van der Waals surface area contributed by atoms with E-state index in [1.54, 1.807) is 0 Å². The van der Waals surface area contributed by atoms with Crippen molar-refractivity contribution >= 4 is 0 Å². The molecule has 0 saturated carbocycles. The topological polar surface area (TPSA) is 20.2 Å². The average Bonchev–Trinajstić information content (AvgIpc) is 2.38. The van der Waals surface area contributed by atoms with Gasteiger partial charge < -0.3 is 5.11 Å². The molecule has 0 aromatic carbocycles. The largest absolute Gasteiger partial charge is 0.393 e. The van der Waals surface area contributed by atoms with Crippen molar-refractivity contribution in [1.29, 1.82) is 0 Å². The van der Waals surface area contributed by atoms with Crippen molar-refractivity contribution in [2.75, 3.05) is 0 Å². The summed E-state index contributed by atoms with van der Waals surface area (Å²) >= 11 is 0. The fourth-order valence-electron chi connectivity index (χ4n) is 2.73. The second-order valence-electron chi connectivity index (χ2n) is 6.23. The monoisotopic (exact) mass is 256 g/mol. The number of unbranched alkanes of at least 4 members (excludes halogenated alkanes) is 5. The van der Waals surface area contributed by atoms with E-state index in [2.05, 4.69) is 27.7 Å². The highest BCUT2D eigenvalue weighted by atomic mass is 16.3.